The summed E-state index contributed by atoms with van der Waals surface area (Å²) in [6.45, 7) is 4.14. The van der Waals surface area contributed by atoms with Crippen molar-refractivity contribution < 1.29 is 9.52 Å². The smallest absolute Gasteiger partial charge is 0.138 e. The first-order chi connectivity index (χ1) is 6.72. The zero-order valence-electron chi connectivity index (χ0n) is 8.50. The number of rotatable bonds is 2. The van der Waals surface area contributed by atoms with Gasteiger partial charge in [-0.3, -0.25) is 0 Å². The molecule has 1 heterocycles. The van der Waals surface area contributed by atoms with E-state index in [1.165, 1.54) is 5.56 Å². The summed E-state index contributed by atoms with van der Waals surface area (Å²) < 4.78 is 5.40. The molecule has 0 amide bonds. The van der Waals surface area contributed by atoms with E-state index in [1.807, 2.05) is 6.92 Å². The van der Waals surface area contributed by atoms with Crippen LogP contribution in [0.5, 0.6) is 5.75 Å². The summed E-state index contributed by atoms with van der Waals surface area (Å²) in [5.41, 5.74) is 3.10. The van der Waals surface area contributed by atoms with Crippen LogP contribution >= 0.6 is 0 Å². The fourth-order valence-electron chi connectivity index (χ4n) is 1.89. The van der Waals surface area contributed by atoms with Crippen LogP contribution in [0.25, 0.3) is 11.0 Å². The molecule has 0 bridgehead atoms. The van der Waals surface area contributed by atoms with Crippen molar-refractivity contribution in [2.75, 3.05) is 0 Å². The number of hydrogen-bond donors (Lipinski definition) is 1. The van der Waals surface area contributed by atoms with Crippen LogP contribution in [-0.2, 0) is 6.42 Å². The van der Waals surface area contributed by atoms with Crippen LogP contribution < -0.4 is 0 Å². The van der Waals surface area contributed by atoms with Crippen LogP contribution in [0, 0.1) is 6.92 Å². The Morgan fingerprint density at radius 1 is 1.36 bits per heavy atom. The highest BCUT2D eigenvalue weighted by molar-refractivity contribution is 5.85. The maximum Gasteiger partial charge on any atom is 0.138 e. The number of aromatic hydroxyl groups is 1. The number of hydrogen-bond acceptors (Lipinski definition) is 2. The van der Waals surface area contributed by atoms with Gasteiger partial charge in [0, 0.05) is 11.5 Å². The topological polar surface area (TPSA) is 33.4 Å². The zero-order valence-corrected chi connectivity index (χ0v) is 8.50. The van der Waals surface area contributed by atoms with E-state index >= 15 is 0 Å². The molecule has 74 valence electrons. The fraction of sp³-hybridized carbons (Fsp3) is 0.333. The van der Waals surface area contributed by atoms with Crippen molar-refractivity contribution in [2.24, 2.45) is 0 Å². The predicted octanol–water partition coefficient (Wildman–Crippen LogP) is 3.40. The second kappa shape index (κ2) is 3.37. The van der Waals surface area contributed by atoms with Crippen LogP contribution in [-0.4, -0.2) is 5.11 Å². The quantitative estimate of drug-likeness (QED) is 0.787. The average molecular weight is 190 g/mol. The molecule has 0 radical (unpaired) electrons. The number of phenols is 1. The first-order valence-electron chi connectivity index (χ1n) is 4.92. The third-order valence-electron chi connectivity index (χ3n) is 2.45. The lowest BCUT2D eigenvalue weighted by Gasteiger charge is -1.99. The van der Waals surface area contributed by atoms with E-state index in [2.05, 4.69) is 6.92 Å². The van der Waals surface area contributed by atoms with Gasteiger partial charge >= 0.3 is 0 Å². The number of aryl methyl sites for hydroxylation is 2. The van der Waals surface area contributed by atoms with Crippen molar-refractivity contribution in [2.45, 2.75) is 26.7 Å². The molecule has 0 spiro atoms. The average Bonchev–Trinajstić information content (AvgIpc) is 2.49. The normalized spacial score (nSPS) is 11.0. The van der Waals surface area contributed by atoms with Gasteiger partial charge in [0.2, 0.25) is 0 Å². The van der Waals surface area contributed by atoms with Gasteiger partial charge in [-0.1, -0.05) is 13.3 Å². The summed E-state index contributed by atoms with van der Waals surface area (Å²) in [7, 11) is 0. The Bertz CT molecular complexity index is 455. The van der Waals surface area contributed by atoms with Crippen LogP contribution in [0.2, 0.25) is 0 Å². The monoisotopic (exact) mass is 190 g/mol. The molecule has 2 heteroatoms. The zero-order chi connectivity index (χ0) is 10.1. The molecular formula is C12H14O2. The Hall–Kier alpha value is -1.44. The van der Waals surface area contributed by atoms with Crippen molar-refractivity contribution in [1.29, 1.82) is 0 Å². The highest BCUT2D eigenvalue weighted by Gasteiger charge is 2.08. The Labute approximate surface area is 83.2 Å². The van der Waals surface area contributed by atoms with Crippen molar-refractivity contribution in [1.82, 2.24) is 0 Å². The Morgan fingerprint density at radius 3 is 2.86 bits per heavy atom. The Balaban J connectivity index is 2.66. The summed E-state index contributed by atoms with van der Waals surface area (Å²) in [5.74, 6) is 0.271. The minimum Gasteiger partial charge on any atom is -0.508 e. The summed E-state index contributed by atoms with van der Waals surface area (Å²) >= 11 is 0. The number of fused-ring (bicyclic) bond motifs is 1. The molecule has 2 aromatic rings. The van der Waals surface area contributed by atoms with E-state index < -0.39 is 0 Å². The van der Waals surface area contributed by atoms with Crippen molar-refractivity contribution in [3.63, 3.8) is 0 Å². The van der Waals surface area contributed by atoms with Gasteiger partial charge in [0.25, 0.3) is 0 Å². The van der Waals surface area contributed by atoms with Gasteiger partial charge in [-0.15, -0.1) is 0 Å². The maximum absolute atomic E-state index is 9.39. The maximum atomic E-state index is 9.39. The molecule has 0 aliphatic rings. The minimum atomic E-state index is 0.271. The van der Waals surface area contributed by atoms with Gasteiger partial charge in [0.1, 0.15) is 11.3 Å². The van der Waals surface area contributed by atoms with Gasteiger partial charge in [-0.25, -0.2) is 0 Å². The van der Waals surface area contributed by atoms with Crippen LogP contribution in [0.1, 0.15) is 24.5 Å². The van der Waals surface area contributed by atoms with Crippen molar-refractivity contribution in [3.8, 4) is 5.75 Å². The lowest BCUT2D eigenvalue weighted by atomic mass is 10.0. The molecule has 0 atom stereocenters. The molecule has 0 unspecified atom stereocenters. The second-order valence-electron chi connectivity index (χ2n) is 3.65. The Morgan fingerprint density at radius 2 is 2.14 bits per heavy atom. The predicted molar refractivity (Wildman–Crippen MR) is 56.6 cm³/mol. The minimum absolute atomic E-state index is 0.271. The molecule has 2 nitrogen and oxygen atoms in total. The molecule has 2 rings (SSSR count). The first kappa shape index (κ1) is 9.13. The third kappa shape index (κ3) is 1.37. The lowest BCUT2D eigenvalue weighted by molar-refractivity contribution is 0.474. The van der Waals surface area contributed by atoms with E-state index in [0.29, 0.717) is 0 Å². The van der Waals surface area contributed by atoms with Gasteiger partial charge in [-0.05, 0) is 30.5 Å². The third-order valence-corrected chi connectivity index (χ3v) is 2.45. The standard InChI is InChI=1S/C12H14O2/c1-3-4-9-7-14-11-6-10(13)5-8(2)12(9)11/h5-7,13H,3-4H2,1-2H3. The number of phenolic OH excluding ortho intramolecular Hbond substituents is 1. The van der Waals surface area contributed by atoms with Gasteiger partial charge < -0.3 is 9.52 Å². The van der Waals surface area contributed by atoms with Crippen molar-refractivity contribution >= 4 is 11.0 Å². The molecule has 0 aliphatic carbocycles. The van der Waals surface area contributed by atoms with Crippen LogP contribution in [0.15, 0.2) is 22.8 Å². The molecule has 0 fully saturated rings. The molecule has 1 N–H and O–H groups in total. The van der Waals surface area contributed by atoms with Crippen LogP contribution in [0.3, 0.4) is 0 Å². The summed E-state index contributed by atoms with van der Waals surface area (Å²) in [6, 6.07) is 3.44. The Kier molecular flexibility index (Phi) is 2.20. The summed E-state index contributed by atoms with van der Waals surface area (Å²) in [6.07, 6.45) is 3.92. The van der Waals surface area contributed by atoms with Crippen molar-refractivity contribution in [3.05, 3.63) is 29.5 Å². The lowest BCUT2D eigenvalue weighted by Crippen LogP contribution is -1.82. The second-order valence-corrected chi connectivity index (χ2v) is 3.65. The molecule has 1 aromatic carbocycles. The van der Waals surface area contributed by atoms with Gasteiger partial charge in [0.15, 0.2) is 0 Å². The molecule has 14 heavy (non-hydrogen) atoms. The highest BCUT2D eigenvalue weighted by atomic mass is 16.3. The van der Waals surface area contributed by atoms with E-state index in [-0.39, 0.29) is 5.75 Å². The highest BCUT2D eigenvalue weighted by Crippen LogP contribution is 2.29. The van der Waals surface area contributed by atoms with E-state index in [4.69, 9.17) is 4.42 Å². The van der Waals surface area contributed by atoms with E-state index in [0.717, 1.165) is 29.4 Å². The molecule has 1 aromatic heterocycles. The number of benzene rings is 1. The number of furan rings is 1. The molecule has 0 saturated carbocycles. The van der Waals surface area contributed by atoms with Gasteiger partial charge in [-0.2, -0.15) is 0 Å². The molecule has 0 saturated heterocycles. The largest absolute Gasteiger partial charge is 0.508 e. The SMILES string of the molecule is CCCc1coc2cc(O)cc(C)c12. The summed E-state index contributed by atoms with van der Waals surface area (Å²) in [4.78, 5) is 0. The molecule has 0 aliphatic heterocycles. The molecular weight excluding hydrogens is 176 g/mol. The fourth-order valence-corrected chi connectivity index (χ4v) is 1.89. The summed E-state index contributed by atoms with van der Waals surface area (Å²) in [5, 5.41) is 10.5. The van der Waals surface area contributed by atoms with Crippen LogP contribution in [0.4, 0.5) is 0 Å². The van der Waals surface area contributed by atoms with E-state index in [1.54, 1.807) is 18.4 Å². The van der Waals surface area contributed by atoms with E-state index in [9.17, 15) is 5.11 Å². The van der Waals surface area contributed by atoms with Gasteiger partial charge in [0.05, 0.1) is 6.26 Å². The first-order valence-corrected chi connectivity index (χ1v) is 4.92.